The number of anilines is 1. The number of nitrogens with zero attached hydrogens (tertiary/aromatic N) is 1. The number of imide groups is 1. The van der Waals surface area contributed by atoms with E-state index < -0.39 is 18.0 Å². The van der Waals surface area contributed by atoms with Crippen molar-refractivity contribution in [1.82, 2.24) is 0 Å². The third kappa shape index (κ3) is 2.45. The molecule has 2 aliphatic rings. The van der Waals surface area contributed by atoms with Gasteiger partial charge in [0.05, 0.1) is 17.7 Å². The molecule has 0 bridgehead atoms. The van der Waals surface area contributed by atoms with Gasteiger partial charge in [-0.15, -0.1) is 0 Å². The number of cyclic esters (lactones) is 1. The Bertz CT molecular complexity index is 679. The number of ether oxygens (including phenoxy) is 1. The molecule has 1 aromatic rings. The number of fused-ring (bicyclic) bond motifs is 1. The van der Waals surface area contributed by atoms with Crippen LogP contribution in [0.15, 0.2) is 18.2 Å². The van der Waals surface area contributed by atoms with E-state index in [0.29, 0.717) is 17.7 Å². The highest BCUT2D eigenvalue weighted by Gasteiger charge is 2.33. The summed E-state index contributed by atoms with van der Waals surface area (Å²) in [5.41, 5.74) is 1.27. The number of amides is 2. The van der Waals surface area contributed by atoms with E-state index in [1.54, 1.807) is 12.1 Å². The van der Waals surface area contributed by atoms with Crippen molar-refractivity contribution in [2.75, 3.05) is 4.90 Å². The molecule has 2 amide bonds. The second kappa shape index (κ2) is 5.25. The molecule has 1 atom stereocenters. The molecule has 3 rings (SSSR count). The van der Waals surface area contributed by atoms with Gasteiger partial charge in [0.25, 0.3) is 0 Å². The Balaban J connectivity index is 1.90. The van der Waals surface area contributed by atoms with Crippen molar-refractivity contribution in [3.05, 3.63) is 29.3 Å². The topological polar surface area (TPSA) is 101 Å². The second-order valence-corrected chi connectivity index (χ2v) is 5.29. The molecule has 0 unspecified atom stereocenters. The zero-order valence-corrected chi connectivity index (χ0v) is 11.6. The predicted molar refractivity (Wildman–Crippen MR) is 73.3 cm³/mol. The second-order valence-electron chi connectivity index (χ2n) is 5.29. The molecule has 1 saturated heterocycles. The first-order valence-corrected chi connectivity index (χ1v) is 6.87. The molecule has 7 nitrogen and oxygen atoms in total. The summed E-state index contributed by atoms with van der Waals surface area (Å²) in [5, 5.41) is 8.77. The largest absolute Gasteiger partial charge is 0.481 e. The van der Waals surface area contributed by atoms with Gasteiger partial charge in [-0.3, -0.25) is 19.3 Å². The number of carboxylic acid groups (broad SMARTS) is 1. The van der Waals surface area contributed by atoms with Crippen LogP contribution in [0.4, 0.5) is 5.69 Å². The average Bonchev–Trinajstić information content (AvgIpc) is 2.77. The highest BCUT2D eigenvalue weighted by Crippen LogP contribution is 2.29. The first kappa shape index (κ1) is 14.2. The van der Waals surface area contributed by atoms with Gasteiger partial charge in [0.15, 0.2) is 0 Å². The van der Waals surface area contributed by atoms with Crippen LogP contribution in [0.1, 0.15) is 35.2 Å². The minimum Gasteiger partial charge on any atom is -0.481 e. The van der Waals surface area contributed by atoms with Crippen LogP contribution in [0.25, 0.3) is 0 Å². The van der Waals surface area contributed by atoms with E-state index in [0.717, 1.165) is 4.90 Å². The summed E-state index contributed by atoms with van der Waals surface area (Å²) in [5.74, 6) is -2.25. The van der Waals surface area contributed by atoms with Crippen LogP contribution in [-0.4, -0.2) is 35.0 Å². The summed E-state index contributed by atoms with van der Waals surface area (Å²) in [4.78, 5) is 47.2. The van der Waals surface area contributed by atoms with E-state index in [9.17, 15) is 19.2 Å². The van der Waals surface area contributed by atoms with Crippen molar-refractivity contribution in [2.45, 2.75) is 31.8 Å². The highest BCUT2D eigenvalue weighted by molar-refractivity contribution is 6.20. The smallest absolute Gasteiger partial charge is 0.338 e. The average molecular weight is 303 g/mol. The number of carbonyl (C=O) groups is 4. The standard InChI is InChI=1S/C15H13NO6/c17-12-3-4-13(18)16(12)9-2-1-8-5-10(7-14(19)20)22-15(21)11(8)6-9/h1-2,6,10H,3-5,7H2,(H,19,20)/t10-/m1/s1. The van der Waals surface area contributed by atoms with Gasteiger partial charge in [-0.2, -0.15) is 0 Å². The summed E-state index contributed by atoms with van der Waals surface area (Å²) in [6.07, 6.45) is -0.313. The first-order valence-electron chi connectivity index (χ1n) is 6.87. The van der Waals surface area contributed by atoms with Gasteiger partial charge in [0.2, 0.25) is 11.8 Å². The molecular weight excluding hydrogens is 290 g/mol. The Morgan fingerprint density at radius 3 is 2.55 bits per heavy atom. The first-order chi connectivity index (χ1) is 10.5. The quantitative estimate of drug-likeness (QED) is 0.657. The van der Waals surface area contributed by atoms with Crippen molar-refractivity contribution in [1.29, 1.82) is 0 Å². The summed E-state index contributed by atoms with van der Waals surface area (Å²) in [6, 6.07) is 4.69. The molecule has 0 radical (unpaired) electrons. The van der Waals surface area contributed by atoms with Crippen LogP contribution >= 0.6 is 0 Å². The minimum absolute atomic E-state index is 0.168. The molecule has 1 aromatic carbocycles. The molecule has 0 spiro atoms. The molecular formula is C15H13NO6. The third-order valence-electron chi connectivity index (χ3n) is 3.75. The number of benzene rings is 1. The van der Waals surface area contributed by atoms with Crippen LogP contribution in [0.2, 0.25) is 0 Å². The fourth-order valence-electron chi connectivity index (χ4n) is 2.75. The van der Waals surface area contributed by atoms with Gasteiger partial charge in [0.1, 0.15) is 6.10 Å². The Morgan fingerprint density at radius 2 is 1.91 bits per heavy atom. The lowest BCUT2D eigenvalue weighted by molar-refractivity contribution is -0.139. The Hall–Kier alpha value is -2.70. The molecule has 114 valence electrons. The van der Waals surface area contributed by atoms with Crippen molar-refractivity contribution in [3.63, 3.8) is 0 Å². The van der Waals surface area contributed by atoms with Crippen LogP contribution in [0, 0.1) is 0 Å². The van der Waals surface area contributed by atoms with Crippen LogP contribution in [-0.2, 0) is 25.5 Å². The summed E-state index contributed by atoms with van der Waals surface area (Å²) in [6.45, 7) is 0. The van der Waals surface area contributed by atoms with Crippen LogP contribution in [0.5, 0.6) is 0 Å². The lowest BCUT2D eigenvalue weighted by Gasteiger charge is -2.25. The van der Waals surface area contributed by atoms with Crippen molar-refractivity contribution < 1.29 is 29.0 Å². The van der Waals surface area contributed by atoms with Gasteiger partial charge >= 0.3 is 11.9 Å². The maximum atomic E-state index is 12.0. The fourth-order valence-corrected chi connectivity index (χ4v) is 2.75. The minimum atomic E-state index is -1.04. The predicted octanol–water partition coefficient (Wildman–Crippen LogP) is 0.896. The third-order valence-corrected chi connectivity index (χ3v) is 3.75. The van der Waals surface area contributed by atoms with Crippen molar-refractivity contribution >= 4 is 29.4 Å². The van der Waals surface area contributed by atoms with Gasteiger partial charge in [-0.1, -0.05) is 6.07 Å². The molecule has 7 heteroatoms. The Labute approximate surface area is 125 Å². The van der Waals surface area contributed by atoms with Crippen molar-refractivity contribution in [2.24, 2.45) is 0 Å². The number of carbonyl (C=O) groups excluding carboxylic acids is 3. The van der Waals surface area contributed by atoms with E-state index in [1.165, 1.54) is 6.07 Å². The number of hydrogen-bond acceptors (Lipinski definition) is 5. The van der Waals surface area contributed by atoms with Crippen LogP contribution < -0.4 is 4.90 Å². The molecule has 0 saturated carbocycles. The number of esters is 1. The molecule has 2 aliphatic heterocycles. The van der Waals surface area contributed by atoms with Crippen molar-refractivity contribution in [3.8, 4) is 0 Å². The maximum Gasteiger partial charge on any atom is 0.338 e. The maximum absolute atomic E-state index is 12.0. The van der Waals surface area contributed by atoms with E-state index in [1.807, 2.05) is 0 Å². The SMILES string of the molecule is O=C(O)C[C@H]1Cc2ccc(N3C(=O)CCC3=O)cc2C(=O)O1. The summed E-state index contributed by atoms with van der Waals surface area (Å²) in [7, 11) is 0. The van der Waals surface area contributed by atoms with Gasteiger partial charge in [-0.25, -0.2) is 4.79 Å². The fraction of sp³-hybridized carbons (Fsp3) is 0.333. The molecule has 0 aromatic heterocycles. The van der Waals surface area contributed by atoms with E-state index in [4.69, 9.17) is 9.84 Å². The molecule has 1 N–H and O–H groups in total. The van der Waals surface area contributed by atoms with Gasteiger partial charge in [-0.05, 0) is 17.7 Å². The van der Waals surface area contributed by atoms with Gasteiger partial charge < -0.3 is 9.84 Å². The van der Waals surface area contributed by atoms with Crippen LogP contribution in [0.3, 0.4) is 0 Å². The number of aliphatic carboxylic acids is 1. The number of hydrogen-bond donors (Lipinski definition) is 1. The lowest BCUT2D eigenvalue weighted by atomic mass is 9.96. The van der Waals surface area contributed by atoms with E-state index >= 15 is 0 Å². The summed E-state index contributed by atoms with van der Waals surface area (Å²) >= 11 is 0. The molecule has 2 heterocycles. The monoisotopic (exact) mass is 303 g/mol. The molecule has 1 fully saturated rings. The highest BCUT2D eigenvalue weighted by atomic mass is 16.5. The molecule has 0 aliphatic carbocycles. The van der Waals surface area contributed by atoms with E-state index in [-0.39, 0.29) is 36.6 Å². The summed E-state index contributed by atoms with van der Waals surface area (Å²) < 4.78 is 5.09. The normalized spacial score (nSPS) is 20.8. The Kier molecular flexibility index (Phi) is 3.40. The number of carboxylic acids is 1. The van der Waals surface area contributed by atoms with Gasteiger partial charge in [0, 0.05) is 19.3 Å². The zero-order chi connectivity index (χ0) is 15.9. The Morgan fingerprint density at radius 1 is 1.23 bits per heavy atom. The van der Waals surface area contributed by atoms with E-state index in [2.05, 4.69) is 0 Å². The lowest BCUT2D eigenvalue weighted by Crippen LogP contribution is -2.31. The molecule has 22 heavy (non-hydrogen) atoms. The number of rotatable bonds is 3. The zero-order valence-electron chi connectivity index (χ0n) is 11.6.